The van der Waals surface area contributed by atoms with Gasteiger partial charge in [-0.25, -0.2) is 27.2 Å². The van der Waals surface area contributed by atoms with Crippen LogP contribution in [0.1, 0.15) is 11.1 Å². The lowest BCUT2D eigenvalue weighted by Crippen LogP contribution is -2.28. The molecule has 0 aliphatic heterocycles. The van der Waals surface area contributed by atoms with Gasteiger partial charge in [0.15, 0.2) is 5.65 Å². The maximum absolute atomic E-state index is 13.8. The summed E-state index contributed by atoms with van der Waals surface area (Å²) in [6.45, 7) is 3.55. The summed E-state index contributed by atoms with van der Waals surface area (Å²) in [6.07, 6.45) is 3.16. The van der Waals surface area contributed by atoms with E-state index in [-0.39, 0.29) is 5.69 Å². The highest BCUT2D eigenvalue weighted by molar-refractivity contribution is 5.90. The Balaban J connectivity index is 1.51. The maximum atomic E-state index is 13.8. The molecule has 0 atom stereocenters. The zero-order valence-electron chi connectivity index (χ0n) is 17.7. The van der Waals surface area contributed by atoms with Crippen molar-refractivity contribution in [3.63, 3.8) is 0 Å². The van der Waals surface area contributed by atoms with E-state index < -0.39 is 29.8 Å². The predicted molar refractivity (Wildman–Crippen MR) is 118 cm³/mol. The number of hydrogen-bond acceptors (Lipinski definition) is 4. The van der Waals surface area contributed by atoms with Crippen LogP contribution in [0.3, 0.4) is 0 Å². The lowest BCUT2D eigenvalue weighted by atomic mass is 10.0. The Hall–Kier alpha value is -4.34. The molecule has 0 saturated carbocycles. The first kappa shape index (κ1) is 20.6. The molecule has 1 amide bonds. The molecule has 0 unspecified atom stereocenters. The molecule has 1 N–H and O–H groups in total. The van der Waals surface area contributed by atoms with E-state index in [0.29, 0.717) is 17.2 Å². The molecule has 5 rings (SSSR count). The van der Waals surface area contributed by atoms with Gasteiger partial charge < -0.3 is 5.32 Å². The third kappa shape index (κ3) is 3.65. The van der Waals surface area contributed by atoms with Gasteiger partial charge in [-0.1, -0.05) is 17.7 Å². The summed E-state index contributed by atoms with van der Waals surface area (Å²) in [5.41, 5.74) is 4.07. The van der Waals surface area contributed by atoms with E-state index in [1.807, 2.05) is 38.1 Å². The predicted octanol–water partition coefficient (Wildman–Crippen LogP) is 3.34. The standard InChI is InChI=1S/C23H18F2N6O2/c1-13-3-4-14(2)16(9-13)19-11-20-22-28-31(23(33)29(22)7-8-30(20)27-19)12-21(32)26-18-6-5-15(24)10-17(18)25/h3-11H,12H2,1-2H3,(H,26,32). The van der Waals surface area contributed by atoms with E-state index in [0.717, 1.165) is 39.2 Å². The van der Waals surface area contributed by atoms with Crippen LogP contribution in [0.15, 0.2) is 59.7 Å². The molecule has 0 aliphatic carbocycles. The van der Waals surface area contributed by atoms with E-state index in [1.165, 1.54) is 10.6 Å². The Bertz CT molecular complexity index is 1620. The normalized spacial score (nSPS) is 11.4. The molecule has 33 heavy (non-hydrogen) atoms. The quantitative estimate of drug-likeness (QED) is 0.457. The molecule has 3 heterocycles. The minimum atomic E-state index is -0.911. The molecule has 5 aromatic rings. The number of halogens is 2. The van der Waals surface area contributed by atoms with Crippen molar-refractivity contribution in [2.75, 3.05) is 5.32 Å². The van der Waals surface area contributed by atoms with E-state index in [4.69, 9.17) is 0 Å². The fourth-order valence-electron chi connectivity index (χ4n) is 3.70. The molecule has 2 aromatic carbocycles. The average Bonchev–Trinajstić information content (AvgIpc) is 3.33. The second-order valence-electron chi connectivity index (χ2n) is 7.78. The number of carbonyl (C=O) groups excluding carboxylic acids is 1. The minimum absolute atomic E-state index is 0.186. The van der Waals surface area contributed by atoms with Crippen molar-refractivity contribution in [1.82, 2.24) is 23.8 Å². The summed E-state index contributed by atoms with van der Waals surface area (Å²) in [7, 11) is 0. The Morgan fingerprint density at radius 3 is 2.64 bits per heavy atom. The summed E-state index contributed by atoms with van der Waals surface area (Å²) < 4.78 is 30.8. The van der Waals surface area contributed by atoms with Crippen LogP contribution in [-0.2, 0) is 11.3 Å². The summed E-state index contributed by atoms with van der Waals surface area (Å²) in [4.78, 5) is 25.1. The van der Waals surface area contributed by atoms with E-state index in [1.54, 1.807) is 10.7 Å². The number of aryl methyl sites for hydroxylation is 2. The molecule has 8 nitrogen and oxygen atoms in total. The molecule has 3 aromatic heterocycles. The summed E-state index contributed by atoms with van der Waals surface area (Å²) in [5.74, 6) is -2.34. The largest absolute Gasteiger partial charge is 0.350 e. The van der Waals surface area contributed by atoms with Crippen LogP contribution in [-0.4, -0.2) is 29.7 Å². The number of carbonyl (C=O) groups is 1. The van der Waals surface area contributed by atoms with Gasteiger partial charge in [0.2, 0.25) is 5.91 Å². The number of fused-ring (bicyclic) bond motifs is 3. The van der Waals surface area contributed by atoms with Crippen LogP contribution in [0.2, 0.25) is 0 Å². The van der Waals surface area contributed by atoms with Crippen molar-refractivity contribution in [1.29, 1.82) is 0 Å². The van der Waals surface area contributed by atoms with E-state index in [9.17, 15) is 18.4 Å². The highest BCUT2D eigenvalue weighted by atomic mass is 19.1. The van der Waals surface area contributed by atoms with Crippen LogP contribution in [0, 0.1) is 25.5 Å². The van der Waals surface area contributed by atoms with Gasteiger partial charge in [0.1, 0.15) is 23.7 Å². The Morgan fingerprint density at radius 2 is 1.85 bits per heavy atom. The molecule has 0 radical (unpaired) electrons. The number of nitrogens with one attached hydrogen (secondary N) is 1. The van der Waals surface area contributed by atoms with Crippen LogP contribution < -0.4 is 11.0 Å². The number of hydrogen-bond donors (Lipinski definition) is 1. The molecule has 0 fully saturated rings. The summed E-state index contributed by atoms with van der Waals surface area (Å²) >= 11 is 0. The number of anilines is 1. The van der Waals surface area contributed by atoms with Crippen molar-refractivity contribution < 1.29 is 13.6 Å². The van der Waals surface area contributed by atoms with Crippen molar-refractivity contribution >= 4 is 22.8 Å². The highest BCUT2D eigenvalue weighted by Gasteiger charge is 2.17. The van der Waals surface area contributed by atoms with E-state index in [2.05, 4.69) is 15.5 Å². The second kappa shape index (κ2) is 7.66. The fourth-order valence-corrected chi connectivity index (χ4v) is 3.70. The molecule has 166 valence electrons. The van der Waals surface area contributed by atoms with Gasteiger partial charge in [-0.15, -0.1) is 5.10 Å². The third-order valence-electron chi connectivity index (χ3n) is 5.36. The van der Waals surface area contributed by atoms with Gasteiger partial charge in [0.05, 0.1) is 11.4 Å². The number of benzene rings is 2. The van der Waals surface area contributed by atoms with Crippen molar-refractivity contribution in [2.24, 2.45) is 0 Å². The van der Waals surface area contributed by atoms with Crippen LogP contribution in [0.5, 0.6) is 0 Å². The monoisotopic (exact) mass is 448 g/mol. The van der Waals surface area contributed by atoms with Gasteiger partial charge in [0, 0.05) is 24.0 Å². The van der Waals surface area contributed by atoms with Gasteiger partial charge in [-0.3, -0.25) is 4.79 Å². The summed E-state index contributed by atoms with van der Waals surface area (Å²) in [5, 5.41) is 11.2. The van der Waals surface area contributed by atoms with Crippen molar-refractivity contribution in [3.05, 3.63) is 88.1 Å². The molecule has 0 spiro atoms. The topological polar surface area (TPSA) is 85.7 Å². The first-order valence-electron chi connectivity index (χ1n) is 10.1. The average molecular weight is 448 g/mol. The number of amides is 1. The first-order valence-corrected chi connectivity index (χ1v) is 10.1. The van der Waals surface area contributed by atoms with Crippen LogP contribution >= 0.6 is 0 Å². The third-order valence-corrected chi connectivity index (χ3v) is 5.36. The lowest BCUT2D eigenvalue weighted by molar-refractivity contribution is -0.117. The number of rotatable bonds is 4. The Kier molecular flexibility index (Phi) is 4.77. The minimum Gasteiger partial charge on any atom is -0.322 e. The molecule has 0 bridgehead atoms. The van der Waals surface area contributed by atoms with Crippen molar-refractivity contribution in [2.45, 2.75) is 20.4 Å². The zero-order valence-corrected chi connectivity index (χ0v) is 17.7. The second-order valence-corrected chi connectivity index (χ2v) is 7.78. The smallest absolute Gasteiger partial charge is 0.322 e. The summed E-state index contributed by atoms with van der Waals surface area (Å²) in [6, 6.07) is 10.7. The lowest BCUT2D eigenvalue weighted by Gasteiger charge is -2.05. The SMILES string of the molecule is Cc1ccc(C)c(-c2cc3c4nn(CC(=O)Nc5ccc(F)cc5F)c(=O)n4ccn3n2)c1. The molecule has 0 saturated heterocycles. The Morgan fingerprint density at radius 1 is 1.03 bits per heavy atom. The fraction of sp³-hybridized carbons (Fsp3) is 0.130. The van der Waals surface area contributed by atoms with Gasteiger partial charge in [-0.05, 0) is 43.7 Å². The molecular formula is C23H18F2N6O2. The van der Waals surface area contributed by atoms with Gasteiger partial charge in [-0.2, -0.15) is 5.10 Å². The van der Waals surface area contributed by atoms with Crippen LogP contribution in [0.25, 0.3) is 22.4 Å². The molecule has 0 aliphatic rings. The van der Waals surface area contributed by atoms with E-state index >= 15 is 0 Å². The Labute approximate surface area is 185 Å². The number of aromatic nitrogens is 5. The maximum Gasteiger partial charge on any atom is 0.350 e. The zero-order chi connectivity index (χ0) is 23.3. The van der Waals surface area contributed by atoms with Gasteiger partial charge in [0.25, 0.3) is 0 Å². The first-order chi connectivity index (χ1) is 15.8. The highest BCUT2D eigenvalue weighted by Crippen LogP contribution is 2.25. The number of nitrogens with zero attached hydrogens (tertiary/aromatic N) is 5. The molecular weight excluding hydrogens is 430 g/mol. The van der Waals surface area contributed by atoms with Gasteiger partial charge >= 0.3 is 5.69 Å². The molecule has 10 heteroatoms. The van der Waals surface area contributed by atoms with Crippen LogP contribution in [0.4, 0.5) is 14.5 Å². The van der Waals surface area contributed by atoms with Crippen molar-refractivity contribution in [3.8, 4) is 11.3 Å².